The second-order valence-electron chi connectivity index (χ2n) is 6.71. The molecule has 5 heteroatoms. The van der Waals surface area contributed by atoms with Gasteiger partial charge in [0.1, 0.15) is 5.82 Å². The van der Waals surface area contributed by atoms with Crippen LogP contribution in [0.1, 0.15) is 41.2 Å². The van der Waals surface area contributed by atoms with Gasteiger partial charge in [-0.05, 0) is 49.2 Å². The van der Waals surface area contributed by atoms with Crippen molar-refractivity contribution in [3.8, 4) is 0 Å². The minimum Gasteiger partial charge on any atom is -0.394 e. The molecule has 2 N–H and O–H groups in total. The predicted octanol–water partition coefficient (Wildman–Crippen LogP) is 3.14. The van der Waals surface area contributed by atoms with Gasteiger partial charge in [-0.15, -0.1) is 0 Å². The first-order valence-corrected chi connectivity index (χ1v) is 9.14. The first kappa shape index (κ1) is 18.5. The summed E-state index contributed by atoms with van der Waals surface area (Å²) in [5, 5.41) is 12.9. The zero-order valence-electron chi connectivity index (χ0n) is 14.8. The molecule has 26 heavy (non-hydrogen) atoms. The van der Waals surface area contributed by atoms with E-state index >= 15 is 0 Å². The maximum Gasteiger partial charge on any atom is 0.251 e. The van der Waals surface area contributed by atoms with Crippen LogP contribution in [0.15, 0.2) is 54.6 Å². The molecule has 1 fully saturated rings. The number of likely N-dealkylation sites (tertiary alicyclic amines) is 1. The van der Waals surface area contributed by atoms with Crippen molar-refractivity contribution in [1.82, 2.24) is 10.2 Å². The Bertz CT molecular complexity index is 706. The van der Waals surface area contributed by atoms with E-state index in [0.29, 0.717) is 12.1 Å². The van der Waals surface area contributed by atoms with Gasteiger partial charge in [-0.3, -0.25) is 9.69 Å². The van der Waals surface area contributed by atoms with Crippen molar-refractivity contribution >= 4 is 5.91 Å². The highest BCUT2D eigenvalue weighted by atomic mass is 19.1. The summed E-state index contributed by atoms with van der Waals surface area (Å²) in [5.41, 5.74) is 1.54. The molecule has 1 saturated heterocycles. The number of benzene rings is 2. The van der Waals surface area contributed by atoms with Crippen molar-refractivity contribution in [3.63, 3.8) is 0 Å². The number of carbonyl (C=O) groups is 1. The fourth-order valence-corrected chi connectivity index (χ4v) is 3.64. The molecule has 138 valence electrons. The molecule has 2 aromatic rings. The number of aliphatic hydroxyl groups is 1. The molecule has 0 spiro atoms. The third-order valence-electron chi connectivity index (χ3n) is 5.03. The molecule has 2 aromatic carbocycles. The van der Waals surface area contributed by atoms with E-state index in [0.717, 1.165) is 31.4 Å². The molecule has 0 radical (unpaired) electrons. The van der Waals surface area contributed by atoms with Crippen molar-refractivity contribution < 1.29 is 14.3 Å². The van der Waals surface area contributed by atoms with Gasteiger partial charge in [0.25, 0.3) is 5.91 Å². The standard InChI is InChI=1S/C21H25FN2O2/c22-18-11-9-17(10-12-18)21(26)23-14-19-8-4-5-13-24(19)20(15-25)16-6-2-1-3-7-16/h1-3,6-7,9-12,19-20,25H,4-5,8,13-15H2,(H,23,26)/t19-,20-/m1/s1. The summed E-state index contributed by atoms with van der Waals surface area (Å²) in [5.74, 6) is -0.551. The van der Waals surface area contributed by atoms with Crippen LogP contribution in [0.25, 0.3) is 0 Å². The molecule has 4 nitrogen and oxygen atoms in total. The first-order valence-electron chi connectivity index (χ1n) is 9.14. The van der Waals surface area contributed by atoms with Crippen molar-refractivity contribution in [1.29, 1.82) is 0 Å². The molecule has 2 atom stereocenters. The Morgan fingerprint density at radius 1 is 1.15 bits per heavy atom. The number of hydrogen-bond donors (Lipinski definition) is 2. The van der Waals surface area contributed by atoms with E-state index in [1.54, 1.807) is 0 Å². The summed E-state index contributed by atoms with van der Waals surface area (Å²) in [6.07, 6.45) is 3.18. The lowest BCUT2D eigenvalue weighted by atomic mass is 9.96. The average molecular weight is 356 g/mol. The van der Waals surface area contributed by atoms with E-state index in [1.165, 1.54) is 24.3 Å². The fraction of sp³-hybridized carbons (Fsp3) is 0.381. The van der Waals surface area contributed by atoms with Crippen LogP contribution in [0, 0.1) is 5.82 Å². The normalized spacial score (nSPS) is 19.1. The van der Waals surface area contributed by atoms with Gasteiger partial charge < -0.3 is 10.4 Å². The number of piperidine rings is 1. The second kappa shape index (κ2) is 8.92. The minimum atomic E-state index is -0.353. The van der Waals surface area contributed by atoms with Gasteiger partial charge in [-0.1, -0.05) is 36.8 Å². The Morgan fingerprint density at radius 3 is 2.58 bits per heavy atom. The maximum atomic E-state index is 13.0. The van der Waals surface area contributed by atoms with Crippen LogP contribution in [0.2, 0.25) is 0 Å². The molecule has 0 bridgehead atoms. The molecular weight excluding hydrogens is 331 g/mol. The second-order valence-corrected chi connectivity index (χ2v) is 6.71. The highest BCUT2D eigenvalue weighted by molar-refractivity contribution is 5.94. The summed E-state index contributed by atoms with van der Waals surface area (Å²) in [6.45, 7) is 1.46. The molecule has 1 aliphatic rings. The highest BCUT2D eigenvalue weighted by Crippen LogP contribution is 2.28. The average Bonchev–Trinajstić information content (AvgIpc) is 2.69. The molecule has 3 rings (SSSR count). The van der Waals surface area contributed by atoms with Gasteiger partial charge in [0, 0.05) is 18.2 Å². The molecule has 1 aliphatic heterocycles. The molecule has 0 aromatic heterocycles. The number of rotatable bonds is 6. The Morgan fingerprint density at radius 2 is 1.88 bits per heavy atom. The third kappa shape index (κ3) is 4.48. The van der Waals surface area contributed by atoms with Crippen LogP contribution in [0.3, 0.4) is 0 Å². The monoisotopic (exact) mass is 356 g/mol. The third-order valence-corrected chi connectivity index (χ3v) is 5.03. The van der Waals surface area contributed by atoms with Crippen molar-refractivity contribution in [2.24, 2.45) is 0 Å². The van der Waals surface area contributed by atoms with Crippen molar-refractivity contribution in [2.75, 3.05) is 19.7 Å². The van der Waals surface area contributed by atoms with E-state index in [9.17, 15) is 14.3 Å². The number of nitrogens with one attached hydrogen (secondary N) is 1. The van der Waals surface area contributed by atoms with Crippen molar-refractivity contribution in [3.05, 3.63) is 71.5 Å². The molecule has 1 heterocycles. The molecule has 1 amide bonds. The van der Waals surface area contributed by atoms with Gasteiger partial charge in [0.05, 0.1) is 12.6 Å². The zero-order valence-corrected chi connectivity index (χ0v) is 14.8. The summed E-state index contributed by atoms with van der Waals surface area (Å²) < 4.78 is 13.0. The minimum absolute atomic E-state index is 0.0480. The Labute approximate surface area is 153 Å². The van der Waals surface area contributed by atoms with Crippen LogP contribution in [-0.4, -0.2) is 41.7 Å². The summed E-state index contributed by atoms with van der Waals surface area (Å²) >= 11 is 0. The fourth-order valence-electron chi connectivity index (χ4n) is 3.64. The van der Waals surface area contributed by atoms with Gasteiger partial charge in [-0.2, -0.15) is 0 Å². The number of aliphatic hydroxyl groups excluding tert-OH is 1. The van der Waals surface area contributed by atoms with Crippen LogP contribution < -0.4 is 5.32 Å². The topological polar surface area (TPSA) is 52.6 Å². The van der Waals surface area contributed by atoms with Crippen LogP contribution in [0.4, 0.5) is 4.39 Å². The summed E-state index contributed by atoms with van der Waals surface area (Å²) in [7, 11) is 0. The number of carbonyl (C=O) groups excluding carboxylic acids is 1. The quantitative estimate of drug-likeness (QED) is 0.836. The van der Waals surface area contributed by atoms with Crippen LogP contribution in [-0.2, 0) is 0 Å². The lowest BCUT2D eigenvalue weighted by Crippen LogP contribution is -2.49. The molecule has 0 aliphatic carbocycles. The largest absolute Gasteiger partial charge is 0.394 e. The Kier molecular flexibility index (Phi) is 6.36. The SMILES string of the molecule is O=C(NC[C@H]1CCCCN1[C@H](CO)c1ccccc1)c1ccc(F)cc1. The van der Waals surface area contributed by atoms with Gasteiger partial charge in [-0.25, -0.2) is 4.39 Å². The zero-order chi connectivity index (χ0) is 18.4. The Hall–Kier alpha value is -2.24. The van der Waals surface area contributed by atoms with E-state index in [4.69, 9.17) is 0 Å². The van der Waals surface area contributed by atoms with Gasteiger partial charge in [0.15, 0.2) is 0 Å². The number of nitrogens with zero attached hydrogens (tertiary/aromatic N) is 1. The molecule has 0 unspecified atom stereocenters. The number of halogens is 1. The smallest absolute Gasteiger partial charge is 0.251 e. The lowest BCUT2D eigenvalue weighted by Gasteiger charge is -2.41. The molecular formula is C21H25FN2O2. The summed E-state index contributed by atoms with van der Waals surface area (Å²) in [6, 6.07) is 15.7. The van der Waals surface area contributed by atoms with E-state index < -0.39 is 0 Å². The van der Waals surface area contributed by atoms with Crippen molar-refractivity contribution in [2.45, 2.75) is 31.3 Å². The van der Waals surface area contributed by atoms with E-state index in [1.807, 2.05) is 30.3 Å². The van der Waals surface area contributed by atoms with E-state index in [2.05, 4.69) is 10.2 Å². The van der Waals surface area contributed by atoms with E-state index in [-0.39, 0.29) is 30.4 Å². The van der Waals surface area contributed by atoms with Gasteiger partial charge >= 0.3 is 0 Å². The number of hydrogen-bond acceptors (Lipinski definition) is 3. The highest BCUT2D eigenvalue weighted by Gasteiger charge is 2.29. The predicted molar refractivity (Wildman–Crippen MR) is 99.3 cm³/mol. The van der Waals surface area contributed by atoms with Crippen LogP contribution >= 0.6 is 0 Å². The van der Waals surface area contributed by atoms with Crippen LogP contribution in [0.5, 0.6) is 0 Å². The lowest BCUT2D eigenvalue weighted by molar-refractivity contribution is 0.0545. The molecule has 0 saturated carbocycles. The maximum absolute atomic E-state index is 13.0. The van der Waals surface area contributed by atoms with Gasteiger partial charge in [0.2, 0.25) is 0 Å². The first-order chi connectivity index (χ1) is 12.7. The number of amides is 1. The Balaban J connectivity index is 1.66. The summed E-state index contributed by atoms with van der Waals surface area (Å²) in [4.78, 5) is 14.6.